The zero-order valence-corrected chi connectivity index (χ0v) is 15.6. The molecule has 1 aliphatic heterocycles. The molecular weight excluding hydrogens is 344 g/mol. The molecule has 1 fully saturated rings. The van der Waals surface area contributed by atoms with E-state index in [0.717, 1.165) is 24.1 Å². The van der Waals surface area contributed by atoms with Gasteiger partial charge in [0.05, 0.1) is 26.0 Å². The molecule has 1 atom stereocenters. The van der Waals surface area contributed by atoms with Crippen LogP contribution in [0.5, 0.6) is 11.5 Å². The average molecular weight is 366 g/mol. The predicted octanol–water partition coefficient (Wildman–Crippen LogP) is 2.83. The molecule has 0 bridgehead atoms. The molecular formula is C17H22N2O5S. The zero-order valence-electron chi connectivity index (χ0n) is 14.8. The van der Waals surface area contributed by atoms with E-state index in [0.29, 0.717) is 23.8 Å². The van der Waals surface area contributed by atoms with E-state index in [2.05, 4.69) is 5.16 Å². The van der Waals surface area contributed by atoms with E-state index in [4.69, 9.17) is 14.0 Å². The third-order valence-corrected chi connectivity index (χ3v) is 6.51. The van der Waals surface area contributed by atoms with Crippen LogP contribution >= 0.6 is 0 Å². The third kappa shape index (κ3) is 3.00. The molecule has 0 aliphatic carbocycles. The van der Waals surface area contributed by atoms with Crippen molar-refractivity contribution in [3.8, 4) is 11.5 Å². The lowest BCUT2D eigenvalue weighted by Gasteiger charge is -2.25. The lowest BCUT2D eigenvalue weighted by Crippen LogP contribution is -2.31. The smallest absolute Gasteiger partial charge is 0.247 e. The van der Waals surface area contributed by atoms with Crippen molar-refractivity contribution in [1.29, 1.82) is 0 Å². The van der Waals surface area contributed by atoms with E-state index in [9.17, 15) is 8.42 Å². The Morgan fingerprint density at radius 2 is 2.00 bits per heavy atom. The number of sulfonamides is 1. The van der Waals surface area contributed by atoms with Gasteiger partial charge in [-0.25, -0.2) is 8.42 Å². The van der Waals surface area contributed by atoms with Gasteiger partial charge in [-0.1, -0.05) is 5.16 Å². The molecule has 2 heterocycles. The highest BCUT2D eigenvalue weighted by atomic mass is 32.2. The summed E-state index contributed by atoms with van der Waals surface area (Å²) in [7, 11) is -0.808. The molecule has 25 heavy (non-hydrogen) atoms. The van der Waals surface area contributed by atoms with Gasteiger partial charge in [0.15, 0.2) is 0 Å². The van der Waals surface area contributed by atoms with Crippen LogP contribution in [0.3, 0.4) is 0 Å². The fraction of sp³-hybridized carbons (Fsp3) is 0.471. The number of hydrogen-bond donors (Lipinski definition) is 0. The largest absolute Gasteiger partial charge is 0.497 e. The summed E-state index contributed by atoms with van der Waals surface area (Å²) in [6.45, 7) is 4.09. The van der Waals surface area contributed by atoms with Gasteiger partial charge in [0, 0.05) is 18.2 Å². The first-order valence-corrected chi connectivity index (χ1v) is 9.50. The Hall–Kier alpha value is -2.06. The van der Waals surface area contributed by atoms with Crippen LogP contribution in [0.25, 0.3) is 0 Å². The Bertz CT molecular complexity index is 856. The summed E-state index contributed by atoms with van der Waals surface area (Å²) in [4.78, 5) is 0.105. The molecule has 0 N–H and O–H groups in total. The molecule has 1 aromatic heterocycles. The Morgan fingerprint density at radius 1 is 1.24 bits per heavy atom. The van der Waals surface area contributed by atoms with E-state index in [1.807, 2.05) is 13.8 Å². The molecule has 7 nitrogen and oxygen atoms in total. The molecule has 0 saturated carbocycles. The van der Waals surface area contributed by atoms with Crippen LogP contribution in [0.2, 0.25) is 0 Å². The van der Waals surface area contributed by atoms with E-state index in [-0.39, 0.29) is 10.9 Å². The fourth-order valence-electron chi connectivity index (χ4n) is 3.39. The second-order valence-corrected chi connectivity index (χ2v) is 7.89. The van der Waals surface area contributed by atoms with Gasteiger partial charge in [-0.3, -0.25) is 0 Å². The minimum atomic E-state index is -3.76. The Balaban J connectivity index is 2.08. The van der Waals surface area contributed by atoms with Gasteiger partial charge in [-0.05, 0) is 38.8 Å². The molecule has 1 aliphatic rings. The predicted molar refractivity (Wildman–Crippen MR) is 91.4 cm³/mol. The molecule has 8 heteroatoms. The highest BCUT2D eigenvalue weighted by Gasteiger charge is 2.40. The van der Waals surface area contributed by atoms with Crippen molar-refractivity contribution in [2.45, 2.75) is 37.6 Å². The Kier molecular flexibility index (Phi) is 4.75. The summed E-state index contributed by atoms with van der Waals surface area (Å²) in [5.74, 6) is 1.42. The molecule has 1 unspecified atom stereocenters. The van der Waals surface area contributed by atoms with Gasteiger partial charge >= 0.3 is 0 Å². The van der Waals surface area contributed by atoms with Gasteiger partial charge in [0.25, 0.3) is 0 Å². The van der Waals surface area contributed by atoms with Crippen molar-refractivity contribution >= 4 is 10.0 Å². The van der Waals surface area contributed by atoms with Gasteiger partial charge in [-0.2, -0.15) is 4.31 Å². The summed E-state index contributed by atoms with van der Waals surface area (Å²) in [5, 5.41) is 3.97. The van der Waals surface area contributed by atoms with Crippen molar-refractivity contribution in [1.82, 2.24) is 9.46 Å². The van der Waals surface area contributed by atoms with Crippen molar-refractivity contribution in [2.75, 3.05) is 20.8 Å². The zero-order chi connectivity index (χ0) is 18.2. The van der Waals surface area contributed by atoms with Crippen molar-refractivity contribution in [3.05, 3.63) is 35.2 Å². The monoisotopic (exact) mass is 366 g/mol. The second-order valence-electron chi connectivity index (χ2n) is 6.03. The number of nitrogens with zero attached hydrogens (tertiary/aromatic N) is 2. The van der Waals surface area contributed by atoms with Crippen molar-refractivity contribution < 1.29 is 22.4 Å². The summed E-state index contributed by atoms with van der Waals surface area (Å²) >= 11 is 0. The third-order valence-electron chi connectivity index (χ3n) is 4.58. The maximum Gasteiger partial charge on any atom is 0.247 e. The lowest BCUT2D eigenvalue weighted by atomic mass is 10.0. The van der Waals surface area contributed by atoms with Gasteiger partial charge < -0.3 is 14.0 Å². The number of ether oxygens (including phenoxy) is 2. The summed E-state index contributed by atoms with van der Waals surface area (Å²) in [6.07, 6.45) is 1.51. The van der Waals surface area contributed by atoms with Crippen molar-refractivity contribution in [2.24, 2.45) is 0 Å². The first-order chi connectivity index (χ1) is 11.9. The maximum atomic E-state index is 13.3. The SMILES string of the molecule is COc1ccc(OC)c(S(=O)(=O)N2CCCC2c2c(C)noc2C)c1. The van der Waals surface area contributed by atoms with Crippen molar-refractivity contribution in [3.63, 3.8) is 0 Å². The van der Waals surface area contributed by atoms with E-state index >= 15 is 0 Å². The number of aromatic nitrogens is 1. The molecule has 0 spiro atoms. The number of rotatable bonds is 5. The molecule has 0 amide bonds. The van der Waals surface area contributed by atoms with Crippen LogP contribution in [0, 0.1) is 13.8 Å². The average Bonchev–Trinajstić information content (AvgIpc) is 3.21. The van der Waals surface area contributed by atoms with Gasteiger partial charge in [0.2, 0.25) is 10.0 Å². The minimum Gasteiger partial charge on any atom is -0.497 e. The number of benzene rings is 1. The Labute approximate surface area is 147 Å². The van der Waals surface area contributed by atoms with Crippen LogP contribution in [-0.2, 0) is 10.0 Å². The maximum absolute atomic E-state index is 13.3. The topological polar surface area (TPSA) is 81.9 Å². The van der Waals surface area contributed by atoms with E-state index < -0.39 is 10.0 Å². The quantitative estimate of drug-likeness (QED) is 0.809. The molecule has 1 saturated heterocycles. The van der Waals surface area contributed by atoms with Crippen LogP contribution in [0.15, 0.2) is 27.6 Å². The van der Waals surface area contributed by atoms with Crippen LogP contribution in [-0.4, -0.2) is 38.6 Å². The standard InChI is InChI=1S/C17H22N2O5S/c1-11-17(12(2)24-18-11)14-6-5-9-19(14)25(20,21)16-10-13(22-3)7-8-15(16)23-4/h7-8,10,14H,5-6,9H2,1-4H3. The number of aryl methyl sites for hydroxylation is 2. The van der Waals surface area contributed by atoms with Crippen LogP contribution in [0.1, 0.15) is 35.9 Å². The summed E-state index contributed by atoms with van der Waals surface area (Å²) in [5.41, 5.74) is 1.57. The first kappa shape index (κ1) is 17.8. The van der Waals surface area contributed by atoms with Gasteiger partial charge in [0.1, 0.15) is 22.2 Å². The Morgan fingerprint density at radius 3 is 2.60 bits per heavy atom. The lowest BCUT2D eigenvalue weighted by molar-refractivity contribution is 0.368. The van der Waals surface area contributed by atoms with Crippen LogP contribution in [0.4, 0.5) is 0 Å². The molecule has 136 valence electrons. The highest BCUT2D eigenvalue weighted by Crippen LogP contribution is 2.41. The highest BCUT2D eigenvalue weighted by molar-refractivity contribution is 7.89. The van der Waals surface area contributed by atoms with E-state index in [1.54, 1.807) is 12.1 Å². The second kappa shape index (κ2) is 6.68. The fourth-order valence-corrected chi connectivity index (χ4v) is 5.23. The number of hydrogen-bond acceptors (Lipinski definition) is 6. The molecule has 3 rings (SSSR count). The summed E-state index contributed by atoms with van der Waals surface area (Å²) < 4.78 is 43.9. The van der Waals surface area contributed by atoms with Gasteiger partial charge in [-0.15, -0.1) is 0 Å². The number of methoxy groups -OCH3 is 2. The molecule has 0 radical (unpaired) electrons. The first-order valence-electron chi connectivity index (χ1n) is 8.06. The molecule has 2 aromatic rings. The minimum absolute atomic E-state index is 0.105. The van der Waals surface area contributed by atoms with Crippen LogP contribution < -0.4 is 9.47 Å². The molecule has 1 aromatic carbocycles. The normalized spacial score (nSPS) is 18.5. The van der Waals surface area contributed by atoms with E-state index in [1.165, 1.54) is 24.6 Å². The summed E-state index contributed by atoms with van der Waals surface area (Å²) in [6, 6.07) is 4.49.